The molecule has 3 aromatic rings. The Morgan fingerprint density at radius 3 is 2.96 bits per heavy atom. The third-order valence-corrected chi connectivity index (χ3v) is 4.06. The summed E-state index contributed by atoms with van der Waals surface area (Å²) in [5.41, 5.74) is 0.708. The van der Waals surface area contributed by atoms with Crippen LogP contribution in [0.2, 0.25) is 0 Å². The van der Waals surface area contributed by atoms with Crippen LogP contribution in [-0.4, -0.2) is 38.2 Å². The fourth-order valence-electron chi connectivity index (χ4n) is 2.87. The first-order valence-corrected chi connectivity index (χ1v) is 8.14. The van der Waals surface area contributed by atoms with E-state index in [-0.39, 0.29) is 17.3 Å². The molecule has 8 heteroatoms. The molecule has 2 aromatic heterocycles. The highest BCUT2D eigenvalue weighted by Crippen LogP contribution is 2.15. The molecule has 3 heterocycles. The molecular weight excluding hydrogens is 322 g/mol. The quantitative estimate of drug-likeness (QED) is 0.742. The largest absolute Gasteiger partial charge is 0.368 e. The number of nitrogens with zero attached hydrogens (tertiary/aromatic N) is 3. The molecule has 1 amide bonds. The molecule has 0 aliphatic carbocycles. The van der Waals surface area contributed by atoms with Crippen LogP contribution < -0.4 is 10.9 Å². The van der Waals surface area contributed by atoms with E-state index in [0.29, 0.717) is 31.1 Å². The van der Waals surface area contributed by atoms with Crippen LogP contribution in [0.4, 0.5) is 5.82 Å². The van der Waals surface area contributed by atoms with Crippen molar-refractivity contribution in [3.63, 3.8) is 0 Å². The van der Waals surface area contributed by atoms with Gasteiger partial charge in [0.05, 0.1) is 0 Å². The van der Waals surface area contributed by atoms with Gasteiger partial charge in [0.2, 0.25) is 5.78 Å². The molecule has 0 bridgehead atoms. The Morgan fingerprint density at radius 2 is 2.20 bits per heavy atom. The third-order valence-electron chi connectivity index (χ3n) is 4.06. The SMILES string of the molecule is O=C(Nc1cc(=O)[nH]c2nc(Cc3ccccc3)nn12)C1CCCO1. The van der Waals surface area contributed by atoms with E-state index in [1.54, 1.807) is 0 Å². The smallest absolute Gasteiger partial charge is 0.254 e. The van der Waals surface area contributed by atoms with Crippen molar-refractivity contribution in [2.24, 2.45) is 0 Å². The molecule has 128 valence electrons. The number of carbonyl (C=O) groups is 1. The molecule has 1 unspecified atom stereocenters. The van der Waals surface area contributed by atoms with Crippen molar-refractivity contribution in [3.8, 4) is 0 Å². The van der Waals surface area contributed by atoms with Gasteiger partial charge in [0, 0.05) is 19.1 Å². The zero-order valence-corrected chi connectivity index (χ0v) is 13.4. The van der Waals surface area contributed by atoms with Gasteiger partial charge >= 0.3 is 0 Å². The number of amides is 1. The fourth-order valence-corrected chi connectivity index (χ4v) is 2.87. The molecule has 0 saturated carbocycles. The van der Waals surface area contributed by atoms with Crippen molar-refractivity contribution < 1.29 is 9.53 Å². The lowest BCUT2D eigenvalue weighted by molar-refractivity contribution is -0.124. The maximum atomic E-state index is 12.3. The molecule has 4 rings (SSSR count). The van der Waals surface area contributed by atoms with E-state index in [2.05, 4.69) is 20.4 Å². The number of aromatic amines is 1. The number of carbonyl (C=O) groups excluding carboxylic acids is 1. The van der Waals surface area contributed by atoms with Crippen molar-refractivity contribution in [3.05, 3.63) is 58.1 Å². The fraction of sp³-hybridized carbons (Fsp3) is 0.294. The zero-order chi connectivity index (χ0) is 17.2. The minimum Gasteiger partial charge on any atom is -0.368 e. The van der Waals surface area contributed by atoms with Crippen molar-refractivity contribution in [2.45, 2.75) is 25.4 Å². The molecule has 1 fully saturated rings. The zero-order valence-electron chi connectivity index (χ0n) is 13.4. The lowest BCUT2D eigenvalue weighted by atomic mass is 10.1. The van der Waals surface area contributed by atoms with Crippen LogP contribution in [0.25, 0.3) is 5.78 Å². The summed E-state index contributed by atoms with van der Waals surface area (Å²) >= 11 is 0. The van der Waals surface area contributed by atoms with E-state index < -0.39 is 6.10 Å². The number of nitrogens with one attached hydrogen (secondary N) is 2. The summed E-state index contributed by atoms with van der Waals surface area (Å²) in [6.45, 7) is 0.577. The number of anilines is 1. The van der Waals surface area contributed by atoms with Gasteiger partial charge in [-0.15, -0.1) is 5.10 Å². The van der Waals surface area contributed by atoms with Gasteiger partial charge in [-0.1, -0.05) is 30.3 Å². The summed E-state index contributed by atoms with van der Waals surface area (Å²) in [4.78, 5) is 31.1. The van der Waals surface area contributed by atoms with E-state index in [1.807, 2.05) is 30.3 Å². The van der Waals surface area contributed by atoms with Crippen molar-refractivity contribution in [1.82, 2.24) is 19.6 Å². The Balaban J connectivity index is 1.64. The maximum absolute atomic E-state index is 12.3. The molecule has 8 nitrogen and oxygen atoms in total. The molecule has 2 N–H and O–H groups in total. The second-order valence-electron chi connectivity index (χ2n) is 5.94. The van der Waals surface area contributed by atoms with Gasteiger partial charge in [-0.25, -0.2) is 0 Å². The second-order valence-corrected chi connectivity index (χ2v) is 5.94. The number of fused-ring (bicyclic) bond motifs is 1. The number of ether oxygens (including phenoxy) is 1. The summed E-state index contributed by atoms with van der Waals surface area (Å²) in [6.07, 6.45) is 1.58. The predicted molar refractivity (Wildman–Crippen MR) is 90.5 cm³/mol. The van der Waals surface area contributed by atoms with Gasteiger partial charge in [0.15, 0.2) is 5.82 Å². The Hall–Kier alpha value is -3.00. The van der Waals surface area contributed by atoms with E-state index in [9.17, 15) is 9.59 Å². The highest BCUT2D eigenvalue weighted by molar-refractivity contribution is 5.93. The number of hydrogen-bond acceptors (Lipinski definition) is 5. The molecule has 1 saturated heterocycles. The maximum Gasteiger partial charge on any atom is 0.254 e. The Bertz CT molecular complexity index is 957. The monoisotopic (exact) mass is 339 g/mol. The Morgan fingerprint density at radius 1 is 1.36 bits per heavy atom. The number of aromatic nitrogens is 4. The van der Waals surface area contributed by atoms with Crippen LogP contribution >= 0.6 is 0 Å². The van der Waals surface area contributed by atoms with Gasteiger partial charge in [0.25, 0.3) is 11.5 Å². The summed E-state index contributed by atoms with van der Waals surface area (Å²) < 4.78 is 6.81. The highest BCUT2D eigenvalue weighted by Gasteiger charge is 2.24. The van der Waals surface area contributed by atoms with Crippen LogP contribution in [0.5, 0.6) is 0 Å². The summed E-state index contributed by atoms with van der Waals surface area (Å²) in [7, 11) is 0. The van der Waals surface area contributed by atoms with Crippen LogP contribution in [0.15, 0.2) is 41.2 Å². The van der Waals surface area contributed by atoms with Gasteiger partial charge in [0.1, 0.15) is 11.9 Å². The summed E-state index contributed by atoms with van der Waals surface area (Å²) in [5, 5.41) is 7.13. The molecule has 1 aromatic carbocycles. The van der Waals surface area contributed by atoms with E-state index in [0.717, 1.165) is 12.0 Å². The highest BCUT2D eigenvalue weighted by atomic mass is 16.5. The first-order valence-electron chi connectivity index (χ1n) is 8.14. The van der Waals surface area contributed by atoms with Crippen LogP contribution in [-0.2, 0) is 16.0 Å². The summed E-state index contributed by atoms with van der Waals surface area (Å²) in [5.74, 6) is 0.859. The van der Waals surface area contributed by atoms with Crippen molar-refractivity contribution in [2.75, 3.05) is 11.9 Å². The number of benzene rings is 1. The molecular formula is C17H17N5O3. The molecule has 1 aliphatic rings. The Labute approximate surface area is 142 Å². The first-order chi connectivity index (χ1) is 12.2. The predicted octanol–water partition coefficient (Wildman–Crippen LogP) is 1.13. The topological polar surface area (TPSA) is 101 Å². The van der Waals surface area contributed by atoms with E-state index in [4.69, 9.17) is 4.74 Å². The minimum atomic E-state index is -0.485. The van der Waals surface area contributed by atoms with Crippen LogP contribution in [0.3, 0.4) is 0 Å². The molecule has 1 atom stereocenters. The van der Waals surface area contributed by atoms with Gasteiger partial charge in [-0.2, -0.15) is 9.50 Å². The lowest BCUT2D eigenvalue weighted by Crippen LogP contribution is -2.28. The Kier molecular flexibility index (Phi) is 4.02. The van der Waals surface area contributed by atoms with Crippen molar-refractivity contribution >= 4 is 17.5 Å². The number of H-pyrrole nitrogens is 1. The molecule has 0 radical (unpaired) electrons. The molecule has 25 heavy (non-hydrogen) atoms. The summed E-state index contributed by atoms with van der Waals surface area (Å²) in [6, 6.07) is 11.1. The normalized spacial score (nSPS) is 17.0. The van der Waals surface area contributed by atoms with Gasteiger partial charge < -0.3 is 10.1 Å². The van der Waals surface area contributed by atoms with Gasteiger partial charge in [-0.05, 0) is 18.4 Å². The minimum absolute atomic E-state index is 0.274. The number of hydrogen-bond donors (Lipinski definition) is 2. The average molecular weight is 339 g/mol. The van der Waals surface area contributed by atoms with Crippen LogP contribution in [0.1, 0.15) is 24.2 Å². The second kappa shape index (κ2) is 6.48. The molecule has 1 aliphatic heterocycles. The van der Waals surface area contributed by atoms with Gasteiger partial charge in [-0.3, -0.25) is 14.6 Å². The van der Waals surface area contributed by atoms with E-state index >= 15 is 0 Å². The number of rotatable bonds is 4. The van der Waals surface area contributed by atoms with E-state index in [1.165, 1.54) is 10.6 Å². The third kappa shape index (κ3) is 3.29. The lowest BCUT2D eigenvalue weighted by Gasteiger charge is -2.10. The first kappa shape index (κ1) is 15.5. The average Bonchev–Trinajstić information content (AvgIpc) is 3.25. The molecule has 0 spiro atoms. The van der Waals surface area contributed by atoms with Crippen LogP contribution in [0, 0.1) is 0 Å². The standard InChI is InChI=1S/C17H17N5O3/c23-15-10-14(19-16(24)12-7-4-8-25-12)22-17(20-15)18-13(21-22)9-11-5-2-1-3-6-11/h1-3,5-6,10,12H,4,7-9H2,(H,19,24)(H,18,20,21,23). The van der Waals surface area contributed by atoms with Crippen molar-refractivity contribution in [1.29, 1.82) is 0 Å².